The van der Waals surface area contributed by atoms with Gasteiger partial charge in [-0.3, -0.25) is 4.79 Å². The van der Waals surface area contributed by atoms with E-state index in [2.05, 4.69) is 36.5 Å². The molecule has 2 aromatic rings. The standard InChI is InChI=1S/C19H20N2O3/c1-12-4-6-16(8-13(12)2)14(3)20-21-19(22)10-15-5-7-17-18(9-15)24-11-23-17/h4-9H,10-11H2,1-3H3,(H,21,22)/b20-14-. The Morgan fingerprint density at radius 1 is 1.08 bits per heavy atom. The van der Waals surface area contributed by atoms with Crippen LogP contribution in [0, 0.1) is 13.8 Å². The second-order valence-electron chi connectivity index (χ2n) is 5.90. The first-order valence-corrected chi connectivity index (χ1v) is 7.82. The molecule has 124 valence electrons. The van der Waals surface area contributed by atoms with Gasteiger partial charge in [-0.05, 0) is 61.2 Å². The normalized spacial score (nSPS) is 13.0. The molecule has 0 spiro atoms. The Kier molecular flexibility index (Phi) is 4.51. The lowest BCUT2D eigenvalue weighted by Crippen LogP contribution is -2.21. The van der Waals surface area contributed by atoms with Gasteiger partial charge >= 0.3 is 0 Å². The van der Waals surface area contributed by atoms with Gasteiger partial charge in [0, 0.05) is 0 Å². The Morgan fingerprint density at radius 3 is 2.67 bits per heavy atom. The van der Waals surface area contributed by atoms with E-state index >= 15 is 0 Å². The monoisotopic (exact) mass is 324 g/mol. The van der Waals surface area contributed by atoms with E-state index < -0.39 is 0 Å². The zero-order valence-corrected chi connectivity index (χ0v) is 14.1. The smallest absolute Gasteiger partial charge is 0.244 e. The Bertz CT molecular complexity index is 812. The van der Waals surface area contributed by atoms with E-state index in [1.165, 1.54) is 11.1 Å². The van der Waals surface area contributed by atoms with E-state index in [4.69, 9.17) is 9.47 Å². The average Bonchev–Trinajstić information content (AvgIpc) is 3.03. The molecule has 1 N–H and O–H groups in total. The molecule has 3 rings (SSSR count). The SMILES string of the molecule is C/C(=N/NC(=O)Cc1ccc2c(c1)OCO2)c1ccc(C)c(C)c1. The van der Waals surface area contributed by atoms with E-state index in [0.29, 0.717) is 11.5 Å². The second-order valence-corrected chi connectivity index (χ2v) is 5.90. The van der Waals surface area contributed by atoms with E-state index in [0.717, 1.165) is 16.8 Å². The number of benzene rings is 2. The Balaban J connectivity index is 1.63. The summed E-state index contributed by atoms with van der Waals surface area (Å²) in [6, 6.07) is 11.6. The van der Waals surface area contributed by atoms with Crippen LogP contribution in [0.1, 0.15) is 29.2 Å². The maximum absolute atomic E-state index is 12.1. The fourth-order valence-electron chi connectivity index (χ4n) is 2.45. The van der Waals surface area contributed by atoms with E-state index in [9.17, 15) is 4.79 Å². The Labute approximate surface area is 141 Å². The summed E-state index contributed by atoms with van der Waals surface area (Å²) in [5.74, 6) is 1.22. The van der Waals surface area contributed by atoms with Crippen LogP contribution >= 0.6 is 0 Å². The van der Waals surface area contributed by atoms with Crippen molar-refractivity contribution in [2.45, 2.75) is 27.2 Å². The molecule has 24 heavy (non-hydrogen) atoms. The summed E-state index contributed by atoms with van der Waals surface area (Å²) in [4.78, 5) is 12.1. The molecule has 0 aromatic heterocycles. The van der Waals surface area contributed by atoms with Crippen molar-refractivity contribution in [2.24, 2.45) is 5.10 Å². The number of rotatable bonds is 4. The van der Waals surface area contributed by atoms with Crippen LogP contribution in [-0.2, 0) is 11.2 Å². The van der Waals surface area contributed by atoms with Gasteiger partial charge in [0.2, 0.25) is 12.7 Å². The number of amides is 1. The fourth-order valence-corrected chi connectivity index (χ4v) is 2.45. The Hall–Kier alpha value is -2.82. The third kappa shape index (κ3) is 3.56. The van der Waals surface area contributed by atoms with Crippen molar-refractivity contribution in [1.82, 2.24) is 5.43 Å². The average molecular weight is 324 g/mol. The minimum absolute atomic E-state index is 0.169. The van der Waals surface area contributed by atoms with Crippen LogP contribution in [0.15, 0.2) is 41.5 Å². The van der Waals surface area contributed by atoms with Gasteiger partial charge in [0.1, 0.15) is 0 Å². The summed E-state index contributed by atoms with van der Waals surface area (Å²) in [6.07, 6.45) is 0.236. The highest BCUT2D eigenvalue weighted by Gasteiger charge is 2.14. The van der Waals surface area contributed by atoms with Gasteiger partial charge in [-0.2, -0.15) is 5.10 Å². The third-order valence-electron chi connectivity index (χ3n) is 4.07. The first kappa shape index (κ1) is 16.1. The van der Waals surface area contributed by atoms with Crippen LogP contribution in [0.25, 0.3) is 0 Å². The van der Waals surface area contributed by atoms with Crippen molar-refractivity contribution >= 4 is 11.6 Å². The largest absolute Gasteiger partial charge is 0.454 e. The molecule has 5 heteroatoms. The van der Waals surface area contributed by atoms with Crippen molar-refractivity contribution in [3.8, 4) is 11.5 Å². The number of fused-ring (bicyclic) bond motifs is 1. The number of ether oxygens (including phenoxy) is 2. The van der Waals surface area contributed by atoms with Crippen LogP contribution in [-0.4, -0.2) is 18.4 Å². The predicted octanol–water partition coefficient (Wildman–Crippen LogP) is 3.12. The lowest BCUT2D eigenvalue weighted by molar-refractivity contribution is -0.120. The number of aryl methyl sites for hydroxylation is 2. The molecule has 0 radical (unpaired) electrons. The molecule has 1 aliphatic rings. The highest BCUT2D eigenvalue weighted by molar-refractivity contribution is 5.99. The number of nitrogens with zero attached hydrogens (tertiary/aromatic N) is 1. The van der Waals surface area contributed by atoms with Crippen molar-refractivity contribution in [3.05, 3.63) is 58.7 Å². The van der Waals surface area contributed by atoms with Crippen molar-refractivity contribution < 1.29 is 14.3 Å². The van der Waals surface area contributed by atoms with Gasteiger partial charge in [0.05, 0.1) is 12.1 Å². The maximum atomic E-state index is 12.1. The van der Waals surface area contributed by atoms with Gasteiger partial charge in [-0.25, -0.2) is 5.43 Å². The lowest BCUT2D eigenvalue weighted by atomic mass is 10.0. The predicted molar refractivity (Wildman–Crippen MR) is 92.5 cm³/mol. The van der Waals surface area contributed by atoms with E-state index in [-0.39, 0.29) is 19.1 Å². The zero-order chi connectivity index (χ0) is 17.1. The highest BCUT2D eigenvalue weighted by atomic mass is 16.7. The highest BCUT2D eigenvalue weighted by Crippen LogP contribution is 2.32. The number of hydrazone groups is 1. The number of carbonyl (C=O) groups excluding carboxylic acids is 1. The molecular formula is C19H20N2O3. The second kappa shape index (κ2) is 6.74. The minimum Gasteiger partial charge on any atom is -0.454 e. The van der Waals surface area contributed by atoms with E-state index in [1.54, 1.807) is 0 Å². The van der Waals surface area contributed by atoms with Crippen molar-refractivity contribution in [2.75, 3.05) is 6.79 Å². The molecule has 0 unspecified atom stereocenters. The maximum Gasteiger partial charge on any atom is 0.244 e. The summed E-state index contributed by atoms with van der Waals surface area (Å²) in [5, 5.41) is 4.19. The van der Waals surface area contributed by atoms with Gasteiger partial charge in [0.25, 0.3) is 0 Å². The molecule has 0 aliphatic carbocycles. The van der Waals surface area contributed by atoms with Crippen LogP contribution in [0.5, 0.6) is 11.5 Å². The quantitative estimate of drug-likeness (QED) is 0.694. The van der Waals surface area contributed by atoms with Crippen LogP contribution < -0.4 is 14.9 Å². The first-order valence-electron chi connectivity index (χ1n) is 7.82. The molecule has 5 nitrogen and oxygen atoms in total. The summed E-state index contributed by atoms with van der Waals surface area (Å²) in [6.45, 7) is 6.23. The minimum atomic E-state index is -0.169. The molecular weight excluding hydrogens is 304 g/mol. The van der Waals surface area contributed by atoms with Gasteiger partial charge in [0.15, 0.2) is 11.5 Å². The fraction of sp³-hybridized carbons (Fsp3) is 0.263. The first-order chi connectivity index (χ1) is 11.5. The number of carbonyl (C=O) groups is 1. The molecule has 0 atom stereocenters. The van der Waals surface area contributed by atoms with Crippen LogP contribution in [0.3, 0.4) is 0 Å². The number of hydrogen-bond acceptors (Lipinski definition) is 4. The number of hydrogen-bond donors (Lipinski definition) is 1. The zero-order valence-electron chi connectivity index (χ0n) is 14.1. The Morgan fingerprint density at radius 2 is 1.88 bits per heavy atom. The summed E-state index contributed by atoms with van der Waals surface area (Å²) < 4.78 is 10.6. The molecule has 0 saturated heterocycles. The molecule has 2 aromatic carbocycles. The molecule has 1 heterocycles. The lowest BCUT2D eigenvalue weighted by Gasteiger charge is -2.06. The van der Waals surface area contributed by atoms with Crippen molar-refractivity contribution in [3.63, 3.8) is 0 Å². The van der Waals surface area contributed by atoms with Crippen LogP contribution in [0.2, 0.25) is 0 Å². The third-order valence-corrected chi connectivity index (χ3v) is 4.07. The molecule has 1 aliphatic heterocycles. The molecule has 0 saturated carbocycles. The van der Waals surface area contributed by atoms with Crippen LogP contribution in [0.4, 0.5) is 0 Å². The number of nitrogens with one attached hydrogen (secondary N) is 1. The summed E-state index contributed by atoms with van der Waals surface area (Å²) in [5.41, 5.74) is 7.68. The molecule has 0 bridgehead atoms. The van der Waals surface area contributed by atoms with Crippen molar-refractivity contribution in [1.29, 1.82) is 0 Å². The molecule has 0 fully saturated rings. The summed E-state index contributed by atoms with van der Waals surface area (Å²) in [7, 11) is 0. The van der Waals surface area contributed by atoms with Gasteiger partial charge < -0.3 is 9.47 Å². The van der Waals surface area contributed by atoms with Gasteiger partial charge in [-0.15, -0.1) is 0 Å². The van der Waals surface area contributed by atoms with E-state index in [1.807, 2.05) is 31.2 Å². The molecule has 1 amide bonds. The van der Waals surface area contributed by atoms with Gasteiger partial charge in [-0.1, -0.05) is 18.2 Å². The topological polar surface area (TPSA) is 59.9 Å². The summed E-state index contributed by atoms with van der Waals surface area (Å²) >= 11 is 0.